The van der Waals surface area contributed by atoms with Crippen molar-refractivity contribution in [2.45, 2.75) is 4.90 Å². The summed E-state index contributed by atoms with van der Waals surface area (Å²) in [5, 5.41) is 10.5. The molecule has 94 valence electrons. The third-order valence-corrected chi connectivity index (χ3v) is 3.27. The molecule has 0 atom stereocenters. The lowest BCUT2D eigenvalue weighted by Crippen LogP contribution is -2.27. The van der Waals surface area contributed by atoms with E-state index in [1.54, 1.807) is 14.1 Å². The number of carbonyl (C=O) groups is 1. The Morgan fingerprint density at radius 3 is 2.50 bits per heavy atom. The summed E-state index contributed by atoms with van der Waals surface area (Å²) in [5.41, 5.74) is 0.794. The zero-order valence-corrected chi connectivity index (χ0v) is 11.1. The van der Waals surface area contributed by atoms with Crippen molar-refractivity contribution < 1.29 is 4.79 Å². The van der Waals surface area contributed by atoms with Gasteiger partial charge >= 0.3 is 6.03 Å². The van der Waals surface area contributed by atoms with Crippen LogP contribution in [0.15, 0.2) is 41.3 Å². The number of hydrogen-bond donors (Lipinski definition) is 2. The van der Waals surface area contributed by atoms with Crippen molar-refractivity contribution in [3.8, 4) is 0 Å². The number of nitrogens with one attached hydrogen (secondary N) is 1. The highest BCUT2D eigenvalue weighted by Crippen LogP contribution is 2.29. The van der Waals surface area contributed by atoms with Crippen LogP contribution in [-0.4, -0.2) is 25.0 Å². The number of amides is 2. The number of nitrogens with zero attached hydrogens (tertiary/aromatic N) is 1. The molecule has 0 aromatic heterocycles. The summed E-state index contributed by atoms with van der Waals surface area (Å²) in [7, 11) is 3.42. The molecule has 3 N–H and O–H groups in total. The number of anilines is 1. The van der Waals surface area contributed by atoms with Gasteiger partial charge in [0.2, 0.25) is 0 Å². The van der Waals surface area contributed by atoms with Gasteiger partial charge in [-0.1, -0.05) is 24.3 Å². The Morgan fingerprint density at radius 1 is 1.17 bits per heavy atom. The van der Waals surface area contributed by atoms with Crippen LogP contribution in [0.25, 0.3) is 10.8 Å². The van der Waals surface area contributed by atoms with Crippen LogP contribution in [-0.2, 0) is 0 Å². The number of hydrogen-bond acceptors (Lipinski definition) is 3. The second-order valence-electron chi connectivity index (χ2n) is 4.10. The van der Waals surface area contributed by atoms with Crippen LogP contribution in [0.5, 0.6) is 0 Å². The van der Waals surface area contributed by atoms with E-state index < -0.39 is 0 Å². The molecule has 2 rings (SSSR count). The Labute approximate surface area is 110 Å². The summed E-state index contributed by atoms with van der Waals surface area (Å²) in [6.07, 6.45) is 0. The number of rotatable bonds is 2. The van der Waals surface area contributed by atoms with Gasteiger partial charge in [0.25, 0.3) is 0 Å². The Balaban J connectivity index is 2.49. The van der Waals surface area contributed by atoms with Crippen LogP contribution < -0.4 is 10.5 Å². The highest BCUT2D eigenvalue weighted by Gasteiger charge is 2.08. The summed E-state index contributed by atoms with van der Waals surface area (Å²) in [6.45, 7) is 0. The number of urea groups is 1. The maximum Gasteiger partial charge on any atom is 0.321 e. The smallest absolute Gasteiger partial charge is 0.321 e. The molecule has 0 radical (unpaired) electrons. The topological polar surface area (TPSA) is 58.4 Å². The van der Waals surface area contributed by atoms with Crippen molar-refractivity contribution in [2.75, 3.05) is 19.4 Å². The molecule has 2 aromatic rings. The van der Waals surface area contributed by atoms with E-state index in [1.165, 1.54) is 16.8 Å². The quantitative estimate of drug-likeness (QED) is 0.817. The van der Waals surface area contributed by atoms with Crippen molar-refractivity contribution in [3.05, 3.63) is 36.4 Å². The molecule has 0 heterocycles. The highest BCUT2D eigenvalue weighted by molar-refractivity contribution is 7.97. The molecule has 0 bridgehead atoms. The minimum atomic E-state index is -0.145. The number of fused-ring (bicyclic) bond motifs is 1. The van der Waals surface area contributed by atoms with Gasteiger partial charge in [0.15, 0.2) is 0 Å². The van der Waals surface area contributed by atoms with Crippen molar-refractivity contribution in [1.29, 1.82) is 0 Å². The number of benzene rings is 2. The Bertz CT molecular complexity index is 583. The van der Waals surface area contributed by atoms with Gasteiger partial charge in [-0.3, -0.25) is 5.14 Å². The minimum Gasteiger partial charge on any atom is -0.331 e. The fraction of sp³-hybridized carbons (Fsp3) is 0.154. The van der Waals surface area contributed by atoms with Crippen molar-refractivity contribution in [2.24, 2.45) is 5.14 Å². The molecule has 2 aromatic carbocycles. The maximum atomic E-state index is 11.7. The second-order valence-corrected chi connectivity index (χ2v) is 4.77. The molecule has 2 amide bonds. The van der Waals surface area contributed by atoms with Gasteiger partial charge in [0, 0.05) is 24.4 Å². The van der Waals surface area contributed by atoms with Crippen LogP contribution in [0, 0.1) is 0 Å². The molecule has 0 spiro atoms. The first-order valence-corrected chi connectivity index (χ1v) is 6.38. The van der Waals surface area contributed by atoms with Gasteiger partial charge in [-0.15, -0.1) is 0 Å². The van der Waals surface area contributed by atoms with E-state index in [4.69, 9.17) is 5.14 Å². The van der Waals surface area contributed by atoms with E-state index >= 15 is 0 Å². The Hall–Kier alpha value is -1.72. The first kappa shape index (κ1) is 12.7. The molecule has 0 aliphatic rings. The first-order chi connectivity index (χ1) is 8.63. The largest absolute Gasteiger partial charge is 0.331 e. The molecule has 0 unspecified atom stereocenters. The molecule has 0 fully saturated rings. The molecular weight excluding hydrogens is 246 g/mol. The lowest BCUT2D eigenvalue weighted by molar-refractivity contribution is 0.231. The monoisotopic (exact) mass is 261 g/mol. The van der Waals surface area contributed by atoms with Crippen molar-refractivity contribution in [1.82, 2.24) is 4.90 Å². The van der Waals surface area contributed by atoms with Gasteiger partial charge in [-0.25, -0.2) is 4.79 Å². The molecule has 0 saturated carbocycles. The van der Waals surface area contributed by atoms with Crippen LogP contribution in [0.4, 0.5) is 10.5 Å². The predicted octanol–water partition coefficient (Wildman–Crippen LogP) is 2.90. The third kappa shape index (κ3) is 2.42. The average molecular weight is 261 g/mol. The summed E-state index contributed by atoms with van der Waals surface area (Å²) in [6, 6.07) is 11.5. The third-order valence-electron chi connectivity index (χ3n) is 2.66. The Kier molecular flexibility index (Phi) is 3.74. The van der Waals surface area contributed by atoms with Gasteiger partial charge < -0.3 is 10.2 Å². The second kappa shape index (κ2) is 5.29. The highest BCUT2D eigenvalue weighted by atomic mass is 32.2. The van der Waals surface area contributed by atoms with Gasteiger partial charge in [0.1, 0.15) is 0 Å². The van der Waals surface area contributed by atoms with Crippen LogP contribution >= 0.6 is 11.9 Å². The van der Waals surface area contributed by atoms with E-state index in [-0.39, 0.29) is 6.03 Å². The fourth-order valence-corrected chi connectivity index (χ4v) is 2.18. The lowest BCUT2D eigenvalue weighted by atomic mass is 10.1. The summed E-state index contributed by atoms with van der Waals surface area (Å²) in [5.74, 6) is 0. The van der Waals surface area contributed by atoms with E-state index in [2.05, 4.69) is 5.32 Å². The minimum absolute atomic E-state index is 0.145. The van der Waals surface area contributed by atoms with Crippen molar-refractivity contribution >= 4 is 34.4 Å². The summed E-state index contributed by atoms with van der Waals surface area (Å²) < 4.78 is 0. The van der Waals surface area contributed by atoms with Gasteiger partial charge in [-0.05, 0) is 29.5 Å². The summed E-state index contributed by atoms with van der Waals surface area (Å²) in [4.78, 5) is 14.2. The van der Waals surface area contributed by atoms with Gasteiger partial charge in [0.05, 0.1) is 5.69 Å². The van der Waals surface area contributed by atoms with Crippen molar-refractivity contribution in [3.63, 3.8) is 0 Å². The molecule has 0 aliphatic heterocycles. The normalized spacial score (nSPS) is 10.4. The molecule has 5 heteroatoms. The molecule has 4 nitrogen and oxygen atoms in total. The van der Waals surface area contributed by atoms with Gasteiger partial charge in [-0.2, -0.15) is 0 Å². The summed E-state index contributed by atoms with van der Waals surface area (Å²) >= 11 is 1.21. The molecule has 18 heavy (non-hydrogen) atoms. The average Bonchev–Trinajstić information content (AvgIpc) is 2.38. The zero-order valence-electron chi connectivity index (χ0n) is 10.3. The van der Waals surface area contributed by atoms with E-state index in [9.17, 15) is 4.79 Å². The van der Waals surface area contributed by atoms with Crippen LogP contribution in [0.3, 0.4) is 0 Å². The van der Waals surface area contributed by atoms with Crippen LogP contribution in [0.1, 0.15) is 0 Å². The predicted molar refractivity (Wildman–Crippen MR) is 76.7 cm³/mol. The van der Waals surface area contributed by atoms with E-state index in [0.717, 1.165) is 21.4 Å². The molecular formula is C13H15N3OS. The van der Waals surface area contributed by atoms with E-state index in [1.807, 2.05) is 36.4 Å². The SMILES string of the molecule is CN(C)C(=O)Nc1cccc2c(SN)cccc12. The van der Waals surface area contributed by atoms with Crippen LogP contribution in [0.2, 0.25) is 0 Å². The number of carbonyl (C=O) groups excluding carboxylic acids is 1. The Morgan fingerprint density at radius 2 is 1.83 bits per heavy atom. The standard InChI is InChI=1S/C13H15N3OS/c1-16(2)13(17)15-11-7-3-6-10-9(11)5-4-8-12(10)18-14/h3-8H,14H2,1-2H3,(H,15,17). The first-order valence-electron chi connectivity index (χ1n) is 5.50. The zero-order chi connectivity index (χ0) is 13.1. The maximum absolute atomic E-state index is 11.7. The fourth-order valence-electron chi connectivity index (χ4n) is 1.72. The lowest BCUT2D eigenvalue weighted by Gasteiger charge is -2.14. The molecule has 0 saturated heterocycles. The van der Waals surface area contributed by atoms with E-state index in [0.29, 0.717) is 0 Å². The number of nitrogens with two attached hydrogens (primary N) is 1. The molecule has 0 aliphatic carbocycles.